The zero-order valence-electron chi connectivity index (χ0n) is 17.0. The van der Waals surface area contributed by atoms with E-state index in [0.29, 0.717) is 23.0 Å². The topological polar surface area (TPSA) is 70.2 Å². The molecule has 0 N–H and O–H groups in total. The number of hydrogen-bond donors (Lipinski definition) is 0. The van der Waals surface area contributed by atoms with Gasteiger partial charge >= 0.3 is 0 Å². The number of thioether (sulfide) groups is 1. The first-order valence-electron chi connectivity index (χ1n) is 9.58. The Morgan fingerprint density at radius 2 is 1.97 bits per heavy atom. The third kappa shape index (κ3) is 4.75. The van der Waals surface area contributed by atoms with Gasteiger partial charge in [0.15, 0.2) is 16.8 Å². The first kappa shape index (κ1) is 21.4. The molecule has 0 saturated carbocycles. The van der Waals surface area contributed by atoms with Crippen molar-refractivity contribution in [2.24, 2.45) is 0 Å². The Morgan fingerprint density at radius 3 is 2.65 bits per heavy atom. The predicted molar refractivity (Wildman–Crippen MR) is 124 cm³/mol. The Morgan fingerprint density at radius 1 is 1.16 bits per heavy atom. The van der Waals surface area contributed by atoms with Crippen molar-refractivity contribution < 1.29 is 13.9 Å². The van der Waals surface area contributed by atoms with Crippen LogP contribution >= 0.6 is 27.7 Å². The molecule has 0 fully saturated rings. The highest BCUT2D eigenvalue weighted by Gasteiger charge is 2.19. The number of nitrogens with zero attached hydrogens (tertiary/aromatic N) is 3. The van der Waals surface area contributed by atoms with Crippen molar-refractivity contribution in [2.75, 3.05) is 12.9 Å². The van der Waals surface area contributed by atoms with Gasteiger partial charge in [-0.25, -0.2) is 0 Å². The number of halogens is 1. The minimum absolute atomic E-state index is 0.00339. The van der Waals surface area contributed by atoms with Gasteiger partial charge in [-0.05, 0) is 52.7 Å². The molecule has 158 valence electrons. The minimum Gasteiger partial charge on any atom is -0.496 e. The molecule has 2 aromatic heterocycles. The molecule has 0 unspecified atom stereocenters. The van der Waals surface area contributed by atoms with Gasteiger partial charge in [-0.2, -0.15) is 0 Å². The summed E-state index contributed by atoms with van der Waals surface area (Å²) in [7, 11) is 1.59. The molecule has 4 rings (SSSR count). The molecule has 0 saturated heterocycles. The van der Waals surface area contributed by atoms with E-state index in [-0.39, 0.29) is 11.5 Å². The van der Waals surface area contributed by atoms with Gasteiger partial charge in [0.2, 0.25) is 0 Å². The van der Waals surface area contributed by atoms with Gasteiger partial charge in [0, 0.05) is 5.56 Å². The Kier molecular flexibility index (Phi) is 6.58. The Labute approximate surface area is 192 Å². The SMILES string of the molecule is COc1ccc(C(=O)CSc2nnc(-c3ccoc3C)n2Cc2ccccc2)cc1Br. The summed E-state index contributed by atoms with van der Waals surface area (Å²) in [5, 5.41) is 9.45. The van der Waals surface area contributed by atoms with E-state index in [1.54, 1.807) is 31.6 Å². The summed E-state index contributed by atoms with van der Waals surface area (Å²) >= 11 is 4.80. The van der Waals surface area contributed by atoms with Gasteiger partial charge in [0.05, 0.1) is 35.7 Å². The van der Waals surface area contributed by atoms with Gasteiger partial charge in [-0.3, -0.25) is 9.36 Å². The molecule has 2 aromatic carbocycles. The first-order chi connectivity index (χ1) is 15.1. The highest BCUT2D eigenvalue weighted by molar-refractivity contribution is 9.10. The van der Waals surface area contributed by atoms with E-state index in [9.17, 15) is 4.79 Å². The molecule has 0 bridgehead atoms. The maximum absolute atomic E-state index is 12.8. The third-order valence-electron chi connectivity index (χ3n) is 4.81. The number of ketones is 1. The van der Waals surface area contributed by atoms with Crippen molar-refractivity contribution in [1.29, 1.82) is 0 Å². The van der Waals surface area contributed by atoms with E-state index in [1.807, 2.05) is 35.8 Å². The van der Waals surface area contributed by atoms with Crippen molar-refractivity contribution in [3.05, 3.63) is 82.2 Å². The van der Waals surface area contributed by atoms with Gasteiger partial charge in [0.25, 0.3) is 0 Å². The number of hydrogen-bond acceptors (Lipinski definition) is 6. The Bertz CT molecular complexity index is 1200. The van der Waals surface area contributed by atoms with Gasteiger partial charge in [-0.1, -0.05) is 42.1 Å². The smallest absolute Gasteiger partial charge is 0.192 e. The number of aromatic nitrogens is 3. The average Bonchev–Trinajstić information content (AvgIpc) is 3.38. The number of methoxy groups -OCH3 is 1. The van der Waals surface area contributed by atoms with Crippen LogP contribution in [-0.4, -0.2) is 33.4 Å². The lowest BCUT2D eigenvalue weighted by molar-refractivity contribution is 0.102. The largest absolute Gasteiger partial charge is 0.496 e. The number of ether oxygens (including phenoxy) is 1. The molecule has 0 aliphatic heterocycles. The van der Waals surface area contributed by atoms with Crippen molar-refractivity contribution in [1.82, 2.24) is 14.8 Å². The average molecular weight is 498 g/mol. The molecule has 0 aliphatic rings. The number of carbonyl (C=O) groups excluding carboxylic acids is 1. The predicted octanol–water partition coefficient (Wildman–Crippen LogP) is 5.64. The molecule has 2 heterocycles. The molecule has 0 atom stereocenters. The monoisotopic (exact) mass is 497 g/mol. The number of Topliss-reactive ketones (excluding diaryl/α,β-unsaturated/α-hetero) is 1. The van der Waals surface area contributed by atoms with Crippen LogP contribution < -0.4 is 4.74 Å². The number of aryl methyl sites for hydroxylation is 1. The van der Waals surface area contributed by atoms with Crippen LogP contribution in [0.1, 0.15) is 21.7 Å². The van der Waals surface area contributed by atoms with Crippen LogP contribution in [-0.2, 0) is 6.54 Å². The van der Waals surface area contributed by atoms with Gasteiger partial charge in [-0.15, -0.1) is 10.2 Å². The quantitative estimate of drug-likeness (QED) is 0.231. The minimum atomic E-state index is 0.00339. The summed E-state index contributed by atoms with van der Waals surface area (Å²) in [6, 6.07) is 17.3. The van der Waals surface area contributed by atoms with Crippen molar-refractivity contribution in [3.8, 4) is 17.1 Å². The standard InChI is InChI=1S/C23H20BrN3O3S/c1-15-18(10-11-30-15)22-25-26-23(27(22)13-16-6-4-3-5-7-16)31-14-20(28)17-8-9-21(29-2)19(24)12-17/h3-12H,13-14H2,1-2H3. The van der Waals surface area contributed by atoms with Crippen molar-refractivity contribution in [2.45, 2.75) is 18.6 Å². The fourth-order valence-corrected chi connectivity index (χ4v) is 4.55. The second kappa shape index (κ2) is 9.53. The van der Waals surface area contributed by atoms with Crippen molar-refractivity contribution >= 4 is 33.5 Å². The maximum atomic E-state index is 12.8. The first-order valence-corrected chi connectivity index (χ1v) is 11.4. The molecule has 6 nitrogen and oxygen atoms in total. The van der Waals surface area contributed by atoms with Crippen LogP contribution in [0.3, 0.4) is 0 Å². The summed E-state index contributed by atoms with van der Waals surface area (Å²) in [5.74, 6) is 2.43. The van der Waals surface area contributed by atoms with Crippen LogP contribution in [0.25, 0.3) is 11.4 Å². The van der Waals surface area contributed by atoms with E-state index >= 15 is 0 Å². The van der Waals surface area contributed by atoms with E-state index in [2.05, 4.69) is 38.3 Å². The molecule has 0 spiro atoms. The van der Waals surface area contributed by atoms with E-state index in [4.69, 9.17) is 9.15 Å². The zero-order chi connectivity index (χ0) is 21.8. The lowest BCUT2D eigenvalue weighted by Crippen LogP contribution is -2.07. The fraction of sp³-hybridized carbons (Fsp3) is 0.174. The van der Waals surface area contributed by atoms with E-state index in [1.165, 1.54) is 11.8 Å². The molecule has 0 amide bonds. The van der Waals surface area contributed by atoms with Crippen LogP contribution in [0, 0.1) is 6.92 Å². The van der Waals surface area contributed by atoms with Crippen LogP contribution in [0.15, 0.2) is 74.9 Å². The molecule has 31 heavy (non-hydrogen) atoms. The highest BCUT2D eigenvalue weighted by atomic mass is 79.9. The zero-order valence-corrected chi connectivity index (χ0v) is 19.4. The summed E-state index contributed by atoms with van der Waals surface area (Å²) in [6.07, 6.45) is 1.64. The van der Waals surface area contributed by atoms with Crippen molar-refractivity contribution in [3.63, 3.8) is 0 Å². The number of rotatable bonds is 8. The molecule has 0 radical (unpaired) electrons. The lowest BCUT2D eigenvalue weighted by atomic mass is 10.1. The summed E-state index contributed by atoms with van der Waals surface area (Å²) in [4.78, 5) is 12.8. The van der Waals surface area contributed by atoms with Gasteiger partial charge in [0.1, 0.15) is 11.5 Å². The molecular weight excluding hydrogens is 478 g/mol. The maximum Gasteiger partial charge on any atom is 0.192 e. The molecular formula is C23H20BrN3O3S. The number of furan rings is 1. The molecule has 4 aromatic rings. The Hall–Kier alpha value is -2.84. The summed E-state index contributed by atoms with van der Waals surface area (Å²) in [6.45, 7) is 2.49. The molecule has 8 heteroatoms. The number of benzene rings is 2. The third-order valence-corrected chi connectivity index (χ3v) is 6.39. The Balaban J connectivity index is 1.59. The summed E-state index contributed by atoms with van der Waals surface area (Å²) in [5.41, 5.74) is 2.62. The highest BCUT2D eigenvalue weighted by Crippen LogP contribution is 2.29. The number of carbonyl (C=O) groups is 1. The van der Waals surface area contributed by atoms with Crippen LogP contribution in [0.4, 0.5) is 0 Å². The normalized spacial score (nSPS) is 10.9. The van der Waals surface area contributed by atoms with Gasteiger partial charge < -0.3 is 9.15 Å². The fourth-order valence-electron chi connectivity index (χ4n) is 3.17. The second-order valence-corrected chi connectivity index (χ2v) is 8.63. The summed E-state index contributed by atoms with van der Waals surface area (Å²) < 4.78 is 13.5. The molecule has 0 aliphatic carbocycles. The van der Waals surface area contributed by atoms with E-state index < -0.39 is 0 Å². The lowest BCUT2D eigenvalue weighted by Gasteiger charge is -2.10. The second-order valence-electron chi connectivity index (χ2n) is 6.83. The van der Waals surface area contributed by atoms with Crippen LogP contribution in [0.5, 0.6) is 5.75 Å². The van der Waals surface area contributed by atoms with Crippen LogP contribution in [0.2, 0.25) is 0 Å². The van der Waals surface area contributed by atoms with E-state index in [0.717, 1.165) is 27.2 Å².